The van der Waals surface area contributed by atoms with Gasteiger partial charge < -0.3 is 4.98 Å². The van der Waals surface area contributed by atoms with Crippen molar-refractivity contribution in [3.05, 3.63) is 29.6 Å². The molecule has 0 saturated carbocycles. The first-order valence-electron chi connectivity index (χ1n) is 4.24. The number of nitrogens with one attached hydrogen (secondary N) is 1. The van der Waals surface area contributed by atoms with Crippen molar-refractivity contribution in [2.24, 2.45) is 0 Å². The highest BCUT2D eigenvalue weighted by molar-refractivity contribution is 6.20. The third-order valence-corrected chi connectivity index (χ3v) is 2.21. The zero-order valence-electron chi connectivity index (χ0n) is 7.58. The van der Waals surface area contributed by atoms with Crippen molar-refractivity contribution in [1.82, 2.24) is 9.97 Å². The number of nitriles is 1. The second-order valence-corrected chi connectivity index (χ2v) is 3.74. The summed E-state index contributed by atoms with van der Waals surface area (Å²) in [6.45, 7) is 1.85. The number of imidazole rings is 1. The summed E-state index contributed by atoms with van der Waals surface area (Å²) in [4.78, 5) is 7.37. The maximum absolute atomic E-state index is 8.70. The number of halogens is 1. The molecule has 0 aliphatic carbocycles. The van der Waals surface area contributed by atoms with Gasteiger partial charge in [0, 0.05) is 0 Å². The van der Waals surface area contributed by atoms with Crippen molar-refractivity contribution in [2.75, 3.05) is 0 Å². The predicted molar refractivity (Wildman–Crippen MR) is 55.1 cm³/mol. The maximum Gasteiger partial charge on any atom is 0.125 e. The van der Waals surface area contributed by atoms with Gasteiger partial charge in [-0.15, -0.1) is 11.6 Å². The highest BCUT2D eigenvalue weighted by Gasteiger charge is 2.07. The Morgan fingerprint density at radius 3 is 3.00 bits per heavy atom. The number of fused-ring (bicyclic) bond motifs is 1. The van der Waals surface area contributed by atoms with Crippen molar-refractivity contribution >= 4 is 22.6 Å². The Balaban J connectivity index is 2.61. The van der Waals surface area contributed by atoms with Crippen molar-refractivity contribution in [3.63, 3.8) is 0 Å². The van der Waals surface area contributed by atoms with Gasteiger partial charge >= 0.3 is 0 Å². The molecule has 0 aliphatic rings. The van der Waals surface area contributed by atoms with Crippen LogP contribution in [0.1, 0.15) is 23.7 Å². The second-order valence-electron chi connectivity index (χ2n) is 3.08. The number of hydrogen-bond donors (Lipinski definition) is 1. The number of nitrogens with zero attached hydrogens (tertiary/aromatic N) is 2. The van der Waals surface area contributed by atoms with Crippen LogP contribution in [0.2, 0.25) is 0 Å². The minimum absolute atomic E-state index is 0.145. The summed E-state index contributed by atoms with van der Waals surface area (Å²) in [6, 6.07) is 7.40. The number of benzene rings is 1. The molecular formula is C10H8ClN3. The standard InChI is InChI=1S/C10H8ClN3/c1-6(11)10-13-8-3-2-7(5-12)4-9(8)14-10/h2-4,6H,1H3,(H,13,14). The Morgan fingerprint density at radius 2 is 2.36 bits per heavy atom. The van der Waals surface area contributed by atoms with Gasteiger partial charge in [-0.3, -0.25) is 0 Å². The van der Waals surface area contributed by atoms with Gasteiger partial charge in [0.15, 0.2) is 0 Å². The molecule has 0 amide bonds. The van der Waals surface area contributed by atoms with Crippen LogP contribution >= 0.6 is 11.6 Å². The molecule has 3 nitrogen and oxygen atoms in total. The Morgan fingerprint density at radius 1 is 1.57 bits per heavy atom. The number of rotatable bonds is 1. The summed E-state index contributed by atoms with van der Waals surface area (Å²) in [5.41, 5.74) is 2.31. The lowest BCUT2D eigenvalue weighted by Gasteiger charge is -1.93. The van der Waals surface area contributed by atoms with Crippen LogP contribution in [-0.4, -0.2) is 9.97 Å². The van der Waals surface area contributed by atoms with Gasteiger partial charge in [-0.1, -0.05) is 0 Å². The Kier molecular flexibility index (Phi) is 2.14. The summed E-state index contributed by atoms with van der Waals surface area (Å²) in [5, 5.41) is 8.56. The molecule has 0 spiro atoms. The van der Waals surface area contributed by atoms with E-state index < -0.39 is 0 Å². The zero-order valence-corrected chi connectivity index (χ0v) is 8.34. The van der Waals surface area contributed by atoms with Crippen molar-refractivity contribution < 1.29 is 0 Å². The predicted octanol–water partition coefficient (Wildman–Crippen LogP) is 2.73. The van der Waals surface area contributed by atoms with Crippen LogP contribution in [0, 0.1) is 11.3 Å². The molecule has 1 aromatic carbocycles. The molecule has 1 N–H and O–H groups in total. The van der Waals surface area contributed by atoms with E-state index in [2.05, 4.69) is 16.0 Å². The van der Waals surface area contributed by atoms with E-state index in [-0.39, 0.29) is 5.38 Å². The fraction of sp³-hybridized carbons (Fsp3) is 0.200. The lowest BCUT2D eigenvalue weighted by molar-refractivity contribution is 0.962. The second kappa shape index (κ2) is 3.32. The normalized spacial score (nSPS) is 12.6. The molecule has 1 unspecified atom stereocenters. The smallest absolute Gasteiger partial charge is 0.125 e. The van der Waals surface area contributed by atoms with Crippen LogP contribution in [0.3, 0.4) is 0 Å². The van der Waals surface area contributed by atoms with Crippen LogP contribution < -0.4 is 0 Å². The minimum atomic E-state index is -0.145. The van der Waals surface area contributed by atoms with E-state index in [9.17, 15) is 0 Å². The van der Waals surface area contributed by atoms with Gasteiger partial charge in [0.1, 0.15) is 5.82 Å². The first-order chi connectivity index (χ1) is 6.70. The molecule has 0 aliphatic heterocycles. The molecule has 0 bridgehead atoms. The van der Waals surface area contributed by atoms with Crippen LogP contribution in [0.4, 0.5) is 0 Å². The van der Waals surface area contributed by atoms with Gasteiger partial charge in [-0.05, 0) is 25.1 Å². The average Bonchev–Trinajstić information content (AvgIpc) is 2.59. The van der Waals surface area contributed by atoms with E-state index in [4.69, 9.17) is 16.9 Å². The Labute approximate surface area is 86.3 Å². The van der Waals surface area contributed by atoms with Crippen LogP contribution in [0.5, 0.6) is 0 Å². The first kappa shape index (κ1) is 9.04. The third-order valence-electron chi connectivity index (χ3n) is 2.01. The lowest BCUT2D eigenvalue weighted by atomic mass is 10.2. The third kappa shape index (κ3) is 1.45. The van der Waals surface area contributed by atoms with E-state index in [0.29, 0.717) is 5.56 Å². The average molecular weight is 206 g/mol. The molecule has 0 fully saturated rings. The summed E-state index contributed by atoms with van der Waals surface area (Å²) in [5.74, 6) is 0.733. The Bertz CT molecular complexity index is 508. The van der Waals surface area contributed by atoms with E-state index in [1.165, 1.54) is 0 Å². The highest BCUT2D eigenvalue weighted by Crippen LogP contribution is 2.20. The van der Waals surface area contributed by atoms with Gasteiger partial charge in [0.05, 0.1) is 28.0 Å². The number of alkyl halides is 1. The topological polar surface area (TPSA) is 52.5 Å². The molecule has 70 valence electrons. The fourth-order valence-corrected chi connectivity index (χ4v) is 1.39. The molecule has 2 rings (SSSR count). The molecule has 1 heterocycles. The number of hydrogen-bond acceptors (Lipinski definition) is 2. The molecule has 0 radical (unpaired) electrons. The fourth-order valence-electron chi connectivity index (χ4n) is 1.29. The molecule has 1 aromatic heterocycles. The largest absolute Gasteiger partial charge is 0.341 e. The molecule has 0 saturated heterocycles. The number of aromatic nitrogens is 2. The van der Waals surface area contributed by atoms with E-state index in [0.717, 1.165) is 16.9 Å². The maximum atomic E-state index is 8.70. The SMILES string of the molecule is CC(Cl)c1nc2ccc(C#N)cc2[nH]1. The van der Waals surface area contributed by atoms with Crippen LogP contribution in [0.15, 0.2) is 18.2 Å². The van der Waals surface area contributed by atoms with Crippen LogP contribution in [0.25, 0.3) is 11.0 Å². The van der Waals surface area contributed by atoms with E-state index >= 15 is 0 Å². The Hall–Kier alpha value is -1.53. The molecule has 1 atom stereocenters. The van der Waals surface area contributed by atoms with E-state index in [1.807, 2.05) is 13.0 Å². The zero-order chi connectivity index (χ0) is 10.1. The first-order valence-corrected chi connectivity index (χ1v) is 4.68. The van der Waals surface area contributed by atoms with Crippen molar-refractivity contribution in [1.29, 1.82) is 5.26 Å². The molecule has 2 aromatic rings. The molecule has 14 heavy (non-hydrogen) atoms. The van der Waals surface area contributed by atoms with Gasteiger partial charge in [0.2, 0.25) is 0 Å². The highest BCUT2D eigenvalue weighted by atomic mass is 35.5. The van der Waals surface area contributed by atoms with Crippen molar-refractivity contribution in [2.45, 2.75) is 12.3 Å². The van der Waals surface area contributed by atoms with E-state index in [1.54, 1.807) is 12.1 Å². The molecular weight excluding hydrogens is 198 g/mol. The number of H-pyrrole nitrogens is 1. The summed E-state index contributed by atoms with van der Waals surface area (Å²) in [6.07, 6.45) is 0. The molecule has 4 heteroatoms. The van der Waals surface area contributed by atoms with Gasteiger partial charge in [0.25, 0.3) is 0 Å². The number of aromatic amines is 1. The van der Waals surface area contributed by atoms with Gasteiger partial charge in [-0.2, -0.15) is 5.26 Å². The summed E-state index contributed by atoms with van der Waals surface area (Å²) >= 11 is 5.89. The summed E-state index contributed by atoms with van der Waals surface area (Å²) < 4.78 is 0. The summed E-state index contributed by atoms with van der Waals surface area (Å²) in [7, 11) is 0. The monoisotopic (exact) mass is 205 g/mol. The quantitative estimate of drug-likeness (QED) is 0.728. The van der Waals surface area contributed by atoms with Gasteiger partial charge in [-0.25, -0.2) is 4.98 Å². The lowest BCUT2D eigenvalue weighted by Crippen LogP contribution is -1.85. The minimum Gasteiger partial charge on any atom is -0.341 e. The van der Waals surface area contributed by atoms with Crippen LogP contribution in [-0.2, 0) is 0 Å². The van der Waals surface area contributed by atoms with Crippen molar-refractivity contribution in [3.8, 4) is 6.07 Å².